The van der Waals surface area contributed by atoms with Gasteiger partial charge >= 0.3 is 0 Å². The second-order valence-corrected chi connectivity index (χ2v) is 2.65. The highest BCUT2D eigenvalue weighted by molar-refractivity contribution is 5.35. The SMILES string of the molecule is C=C(C)/C(CC)=C(C)\C=C/N. The van der Waals surface area contributed by atoms with E-state index in [0.717, 1.165) is 12.0 Å². The van der Waals surface area contributed by atoms with Gasteiger partial charge in [-0.1, -0.05) is 19.1 Å². The standard InChI is InChI=1S/C10H17N/c1-5-10(8(2)3)9(4)6-7-11/h6-7H,2,5,11H2,1,3-4H3/b7-6-,10-9-. The first-order valence-electron chi connectivity index (χ1n) is 3.87. The maximum Gasteiger partial charge on any atom is -0.00596 e. The molecule has 0 saturated carbocycles. The van der Waals surface area contributed by atoms with Crippen molar-refractivity contribution in [3.63, 3.8) is 0 Å². The van der Waals surface area contributed by atoms with Crippen molar-refractivity contribution in [2.24, 2.45) is 5.73 Å². The van der Waals surface area contributed by atoms with Gasteiger partial charge in [0, 0.05) is 0 Å². The summed E-state index contributed by atoms with van der Waals surface area (Å²) in [4.78, 5) is 0. The molecule has 0 rings (SSSR count). The van der Waals surface area contributed by atoms with Gasteiger partial charge in [0.2, 0.25) is 0 Å². The zero-order valence-electron chi connectivity index (χ0n) is 7.65. The Morgan fingerprint density at radius 1 is 1.45 bits per heavy atom. The van der Waals surface area contributed by atoms with Crippen molar-refractivity contribution in [1.82, 2.24) is 0 Å². The molecule has 0 aliphatic rings. The van der Waals surface area contributed by atoms with Crippen molar-refractivity contribution in [3.8, 4) is 0 Å². The molecule has 0 aromatic heterocycles. The summed E-state index contributed by atoms with van der Waals surface area (Å²) in [6, 6.07) is 0. The minimum absolute atomic E-state index is 1.02. The third kappa shape index (κ3) is 3.08. The van der Waals surface area contributed by atoms with E-state index in [9.17, 15) is 0 Å². The van der Waals surface area contributed by atoms with Crippen LogP contribution in [0.1, 0.15) is 27.2 Å². The number of allylic oxidation sites excluding steroid dienone is 4. The average molecular weight is 151 g/mol. The monoisotopic (exact) mass is 151 g/mol. The van der Waals surface area contributed by atoms with Crippen LogP contribution in [0.3, 0.4) is 0 Å². The zero-order chi connectivity index (χ0) is 8.85. The molecule has 2 N–H and O–H groups in total. The van der Waals surface area contributed by atoms with Crippen LogP contribution in [0.15, 0.2) is 35.6 Å². The molecule has 0 aromatic rings. The number of hydrogen-bond acceptors (Lipinski definition) is 1. The van der Waals surface area contributed by atoms with Gasteiger partial charge in [0.15, 0.2) is 0 Å². The molecule has 0 amide bonds. The summed E-state index contributed by atoms with van der Waals surface area (Å²) in [6.07, 6.45) is 4.49. The highest BCUT2D eigenvalue weighted by Crippen LogP contribution is 2.16. The second-order valence-electron chi connectivity index (χ2n) is 2.65. The first kappa shape index (κ1) is 10.0. The Hall–Kier alpha value is -0.980. The molecule has 0 spiro atoms. The van der Waals surface area contributed by atoms with Crippen LogP contribution in [0, 0.1) is 0 Å². The van der Waals surface area contributed by atoms with Gasteiger partial charge < -0.3 is 5.73 Å². The van der Waals surface area contributed by atoms with Crippen molar-refractivity contribution < 1.29 is 0 Å². The molecule has 0 aromatic carbocycles. The Morgan fingerprint density at radius 2 is 2.00 bits per heavy atom. The lowest BCUT2D eigenvalue weighted by Crippen LogP contribution is -1.87. The summed E-state index contributed by atoms with van der Waals surface area (Å²) >= 11 is 0. The summed E-state index contributed by atoms with van der Waals surface area (Å²) in [5.41, 5.74) is 8.91. The lowest BCUT2D eigenvalue weighted by molar-refractivity contribution is 1.08. The summed E-state index contributed by atoms with van der Waals surface area (Å²) in [7, 11) is 0. The molecule has 0 saturated heterocycles. The fourth-order valence-corrected chi connectivity index (χ4v) is 1.16. The van der Waals surface area contributed by atoms with Crippen LogP contribution in [-0.2, 0) is 0 Å². The number of nitrogens with two attached hydrogens (primary N) is 1. The largest absolute Gasteiger partial charge is 0.405 e. The van der Waals surface area contributed by atoms with E-state index in [1.807, 2.05) is 13.0 Å². The Balaban J connectivity index is 4.67. The first-order chi connectivity index (χ1) is 5.13. The topological polar surface area (TPSA) is 26.0 Å². The van der Waals surface area contributed by atoms with Gasteiger partial charge in [0.25, 0.3) is 0 Å². The quantitative estimate of drug-likeness (QED) is 0.617. The molecule has 62 valence electrons. The third-order valence-electron chi connectivity index (χ3n) is 1.69. The van der Waals surface area contributed by atoms with E-state index in [-0.39, 0.29) is 0 Å². The molecule has 0 aliphatic heterocycles. The third-order valence-corrected chi connectivity index (χ3v) is 1.69. The van der Waals surface area contributed by atoms with E-state index < -0.39 is 0 Å². The normalized spacial score (nSPS) is 13.4. The van der Waals surface area contributed by atoms with Crippen LogP contribution >= 0.6 is 0 Å². The molecule has 0 bridgehead atoms. The van der Waals surface area contributed by atoms with Crippen molar-refractivity contribution in [2.45, 2.75) is 27.2 Å². The van der Waals surface area contributed by atoms with E-state index in [1.54, 1.807) is 6.20 Å². The van der Waals surface area contributed by atoms with E-state index >= 15 is 0 Å². The highest BCUT2D eigenvalue weighted by atomic mass is 14.5. The van der Waals surface area contributed by atoms with Crippen molar-refractivity contribution in [1.29, 1.82) is 0 Å². The van der Waals surface area contributed by atoms with Crippen LogP contribution < -0.4 is 5.73 Å². The molecule has 0 unspecified atom stereocenters. The van der Waals surface area contributed by atoms with Crippen LogP contribution in [0.4, 0.5) is 0 Å². The van der Waals surface area contributed by atoms with Gasteiger partial charge in [0.05, 0.1) is 0 Å². The van der Waals surface area contributed by atoms with Gasteiger partial charge in [0.1, 0.15) is 0 Å². The molecule has 11 heavy (non-hydrogen) atoms. The number of hydrogen-bond donors (Lipinski definition) is 1. The molecule has 1 nitrogen and oxygen atoms in total. The Morgan fingerprint density at radius 3 is 2.27 bits per heavy atom. The van der Waals surface area contributed by atoms with Gasteiger partial charge in [-0.05, 0) is 43.7 Å². The fraction of sp³-hybridized carbons (Fsp3) is 0.400. The van der Waals surface area contributed by atoms with E-state index in [1.165, 1.54) is 11.1 Å². The Labute approximate surface area is 69.3 Å². The molecule has 0 heterocycles. The Kier molecular flexibility index (Phi) is 4.35. The lowest BCUT2D eigenvalue weighted by atomic mass is 10.0. The first-order valence-corrected chi connectivity index (χ1v) is 3.87. The highest BCUT2D eigenvalue weighted by Gasteiger charge is 1.97. The lowest BCUT2D eigenvalue weighted by Gasteiger charge is -2.05. The minimum atomic E-state index is 1.02. The van der Waals surface area contributed by atoms with Gasteiger partial charge in [-0.2, -0.15) is 0 Å². The molecular formula is C10H17N. The molecule has 0 radical (unpaired) electrons. The van der Waals surface area contributed by atoms with Gasteiger partial charge in [-0.15, -0.1) is 0 Å². The van der Waals surface area contributed by atoms with Crippen LogP contribution in [0.2, 0.25) is 0 Å². The summed E-state index contributed by atoms with van der Waals surface area (Å²) in [6.45, 7) is 10.1. The molecular weight excluding hydrogens is 134 g/mol. The maximum atomic E-state index is 5.28. The minimum Gasteiger partial charge on any atom is -0.405 e. The summed E-state index contributed by atoms with van der Waals surface area (Å²) in [5.74, 6) is 0. The molecule has 0 fully saturated rings. The fourth-order valence-electron chi connectivity index (χ4n) is 1.16. The summed E-state index contributed by atoms with van der Waals surface area (Å²) < 4.78 is 0. The average Bonchev–Trinajstić information content (AvgIpc) is 1.88. The predicted octanol–water partition coefficient (Wildman–Crippen LogP) is 2.76. The van der Waals surface area contributed by atoms with Crippen molar-refractivity contribution >= 4 is 0 Å². The van der Waals surface area contributed by atoms with E-state index in [4.69, 9.17) is 5.73 Å². The van der Waals surface area contributed by atoms with E-state index in [0.29, 0.717) is 0 Å². The van der Waals surface area contributed by atoms with Crippen LogP contribution in [-0.4, -0.2) is 0 Å². The zero-order valence-corrected chi connectivity index (χ0v) is 7.65. The van der Waals surface area contributed by atoms with Gasteiger partial charge in [-0.25, -0.2) is 0 Å². The van der Waals surface area contributed by atoms with Gasteiger partial charge in [-0.3, -0.25) is 0 Å². The van der Waals surface area contributed by atoms with Crippen LogP contribution in [0.25, 0.3) is 0 Å². The van der Waals surface area contributed by atoms with E-state index in [2.05, 4.69) is 20.4 Å². The van der Waals surface area contributed by atoms with Crippen LogP contribution in [0.5, 0.6) is 0 Å². The molecule has 0 aliphatic carbocycles. The van der Waals surface area contributed by atoms with Crippen molar-refractivity contribution in [3.05, 3.63) is 35.6 Å². The van der Waals surface area contributed by atoms with Crippen molar-refractivity contribution in [2.75, 3.05) is 0 Å². The smallest absolute Gasteiger partial charge is 0.00596 e. The summed E-state index contributed by atoms with van der Waals surface area (Å²) in [5, 5.41) is 0. The Bertz CT molecular complexity index is 197. The predicted molar refractivity (Wildman–Crippen MR) is 51.1 cm³/mol. The number of rotatable bonds is 3. The molecule has 0 atom stereocenters. The second kappa shape index (κ2) is 4.78. The maximum absolute atomic E-state index is 5.28. The molecule has 1 heteroatoms.